The molecule has 5 aromatic rings. The summed E-state index contributed by atoms with van der Waals surface area (Å²) < 4.78 is 2.47. The number of halogens is 1. The molecule has 10 nitrogen and oxygen atoms in total. The summed E-state index contributed by atoms with van der Waals surface area (Å²) in [5, 5.41) is 25.8. The molecule has 0 saturated carbocycles. The summed E-state index contributed by atoms with van der Waals surface area (Å²) in [6.07, 6.45) is 5.15. The van der Waals surface area contributed by atoms with Gasteiger partial charge in [-0.2, -0.15) is 9.41 Å². The number of hydrogen-bond donors (Lipinski definition) is 1. The SMILES string of the molecule is NC(=O)C(=O)N1CCC(c2cccc(C(Cc3ccccc3)c3ccc(-c4cc(Cl)ccc4-n4cnnn4)c[n+]3[O-])c2)CC1. The van der Waals surface area contributed by atoms with Gasteiger partial charge >= 0.3 is 11.8 Å². The van der Waals surface area contributed by atoms with Crippen molar-refractivity contribution in [3.8, 4) is 16.8 Å². The number of benzene rings is 3. The zero-order valence-corrected chi connectivity index (χ0v) is 24.5. The van der Waals surface area contributed by atoms with Gasteiger partial charge in [-0.1, -0.05) is 66.2 Å². The van der Waals surface area contributed by atoms with Crippen LogP contribution in [0.3, 0.4) is 0 Å². The minimum Gasteiger partial charge on any atom is -0.618 e. The molecule has 11 heteroatoms. The lowest BCUT2D eigenvalue weighted by Crippen LogP contribution is -2.44. The van der Waals surface area contributed by atoms with Crippen LogP contribution < -0.4 is 10.5 Å². The maximum atomic E-state index is 13.8. The molecule has 1 aliphatic rings. The number of amides is 2. The molecule has 2 amide bonds. The standard InChI is InChI=1S/C33H30ClN7O3/c34-27-10-12-30(40-21-36-37-38-40)29(19-27)26-9-11-31(41(44)20-26)28(17-22-5-2-1-3-6-22)25-8-4-7-24(18-25)23-13-15-39(16-14-23)33(43)32(35)42/h1-12,18-21,23,28H,13-17H2,(H2,35,42). The van der Waals surface area contributed by atoms with Crippen molar-refractivity contribution >= 4 is 23.4 Å². The van der Waals surface area contributed by atoms with Crippen LogP contribution in [-0.4, -0.2) is 50.0 Å². The summed E-state index contributed by atoms with van der Waals surface area (Å²) in [6.45, 7) is 0.949. The van der Waals surface area contributed by atoms with Gasteiger partial charge in [-0.15, -0.1) is 5.10 Å². The highest BCUT2D eigenvalue weighted by Crippen LogP contribution is 2.34. The molecular formula is C33H30ClN7O3. The lowest BCUT2D eigenvalue weighted by molar-refractivity contribution is -0.614. The summed E-state index contributed by atoms with van der Waals surface area (Å²) in [5.74, 6) is -1.56. The molecule has 1 aliphatic heterocycles. The van der Waals surface area contributed by atoms with E-state index in [9.17, 15) is 14.8 Å². The van der Waals surface area contributed by atoms with Crippen molar-refractivity contribution in [1.29, 1.82) is 0 Å². The summed E-state index contributed by atoms with van der Waals surface area (Å²) >= 11 is 6.35. The average molecular weight is 608 g/mol. The Labute approximate surface area is 259 Å². The third-order valence-electron chi connectivity index (χ3n) is 8.23. The lowest BCUT2D eigenvalue weighted by atomic mass is 9.84. The predicted octanol–water partition coefficient (Wildman–Crippen LogP) is 4.18. The Morgan fingerprint density at radius 1 is 1.00 bits per heavy atom. The Bertz CT molecular complexity index is 1790. The van der Waals surface area contributed by atoms with Gasteiger partial charge in [0.25, 0.3) is 0 Å². The molecule has 0 spiro atoms. The Morgan fingerprint density at radius 3 is 2.50 bits per heavy atom. The van der Waals surface area contributed by atoms with E-state index in [0.717, 1.165) is 39.8 Å². The van der Waals surface area contributed by atoms with E-state index in [-0.39, 0.29) is 11.8 Å². The van der Waals surface area contributed by atoms with Gasteiger partial charge in [0, 0.05) is 35.3 Å². The third kappa shape index (κ3) is 6.16. The first-order chi connectivity index (χ1) is 21.4. The second kappa shape index (κ2) is 12.6. The summed E-state index contributed by atoms with van der Waals surface area (Å²) in [5.41, 5.74) is 11.2. The van der Waals surface area contributed by atoms with Gasteiger partial charge in [-0.3, -0.25) is 9.59 Å². The van der Waals surface area contributed by atoms with Crippen LogP contribution in [0.5, 0.6) is 0 Å². The number of aromatic nitrogens is 5. The van der Waals surface area contributed by atoms with Crippen LogP contribution in [-0.2, 0) is 16.0 Å². The Hall–Kier alpha value is -5.09. The summed E-state index contributed by atoms with van der Waals surface area (Å²) in [6, 6.07) is 27.6. The van der Waals surface area contributed by atoms with Crippen LogP contribution in [0.15, 0.2) is 97.5 Å². The zero-order chi connectivity index (χ0) is 30.6. The van der Waals surface area contributed by atoms with Crippen LogP contribution in [0, 0.1) is 5.21 Å². The lowest BCUT2D eigenvalue weighted by Gasteiger charge is -2.31. The van der Waals surface area contributed by atoms with Crippen molar-refractivity contribution in [2.24, 2.45) is 5.73 Å². The number of carbonyl (C=O) groups is 2. The van der Waals surface area contributed by atoms with Crippen LogP contribution >= 0.6 is 11.6 Å². The number of nitrogens with two attached hydrogens (primary N) is 1. The second-order valence-corrected chi connectivity index (χ2v) is 11.4. The second-order valence-electron chi connectivity index (χ2n) is 10.9. The number of rotatable bonds is 7. The van der Waals surface area contributed by atoms with Crippen LogP contribution in [0.2, 0.25) is 5.02 Å². The van der Waals surface area contributed by atoms with Crippen molar-refractivity contribution in [2.75, 3.05) is 13.1 Å². The maximum Gasteiger partial charge on any atom is 0.311 e. The molecule has 1 unspecified atom stereocenters. The number of hydrogen-bond acceptors (Lipinski definition) is 6. The van der Waals surface area contributed by atoms with E-state index in [2.05, 4.69) is 45.9 Å². The quantitative estimate of drug-likeness (QED) is 0.168. The fourth-order valence-electron chi connectivity index (χ4n) is 5.98. The van der Waals surface area contributed by atoms with Crippen molar-refractivity contribution in [1.82, 2.24) is 25.1 Å². The smallest absolute Gasteiger partial charge is 0.311 e. The first-order valence-corrected chi connectivity index (χ1v) is 14.7. The zero-order valence-electron chi connectivity index (χ0n) is 23.8. The third-order valence-corrected chi connectivity index (χ3v) is 8.46. The fourth-order valence-corrected chi connectivity index (χ4v) is 6.15. The highest BCUT2D eigenvalue weighted by Gasteiger charge is 2.28. The normalized spacial score (nSPS) is 14.3. The predicted molar refractivity (Wildman–Crippen MR) is 165 cm³/mol. The van der Waals surface area contributed by atoms with Gasteiger partial charge in [0.05, 0.1) is 11.6 Å². The molecule has 2 aromatic heterocycles. The largest absolute Gasteiger partial charge is 0.618 e. The monoisotopic (exact) mass is 607 g/mol. The number of nitrogens with zero attached hydrogens (tertiary/aromatic N) is 6. The average Bonchev–Trinajstić information content (AvgIpc) is 3.59. The Balaban J connectivity index is 1.34. The number of primary amides is 1. The molecule has 1 fully saturated rings. The highest BCUT2D eigenvalue weighted by atomic mass is 35.5. The van der Waals surface area contributed by atoms with Crippen LogP contribution in [0.25, 0.3) is 16.8 Å². The van der Waals surface area contributed by atoms with E-state index in [1.807, 2.05) is 42.5 Å². The molecule has 0 aliphatic carbocycles. The van der Waals surface area contributed by atoms with Gasteiger partial charge in [0.2, 0.25) is 5.69 Å². The molecule has 44 heavy (non-hydrogen) atoms. The molecule has 1 saturated heterocycles. The maximum absolute atomic E-state index is 13.8. The van der Waals surface area contributed by atoms with Crippen LogP contribution in [0.4, 0.5) is 0 Å². The van der Waals surface area contributed by atoms with Gasteiger partial charge < -0.3 is 15.8 Å². The van der Waals surface area contributed by atoms with Gasteiger partial charge in [0.1, 0.15) is 6.33 Å². The molecule has 2 N–H and O–H groups in total. The minimum atomic E-state index is -0.923. The van der Waals surface area contributed by atoms with E-state index in [1.165, 1.54) is 15.9 Å². The topological polar surface area (TPSA) is 134 Å². The van der Waals surface area contributed by atoms with E-state index < -0.39 is 11.8 Å². The molecule has 1 atom stereocenters. The fraction of sp³-hybridized carbons (Fsp3) is 0.212. The van der Waals surface area contributed by atoms with E-state index in [4.69, 9.17) is 17.3 Å². The van der Waals surface area contributed by atoms with Gasteiger partial charge in [0.15, 0.2) is 6.20 Å². The van der Waals surface area contributed by atoms with E-state index in [1.54, 1.807) is 18.3 Å². The summed E-state index contributed by atoms with van der Waals surface area (Å²) in [4.78, 5) is 24.9. The molecule has 3 heterocycles. The van der Waals surface area contributed by atoms with Crippen molar-refractivity contribution in [3.05, 3.63) is 130 Å². The van der Waals surface area contributed by atoms with Crippen molar-refractivity contribution in [2.45, 2.75) is 31.1 Å². The Kier molecular flexibility index (Phi) is 8.33. The molecule has 0 radical (unpaired) electrons. The number of likely N-dealkylation sites (tertiary alicyclic amines) is 1. The minimum absolute atomic E-state index is 0.221. The van der Waals surface area contributed by atoms with Crippen LogP contribution in [0.1, 0.15) is 47.1 Å². The number of tetrazole rings is 1. The first kappa shape index (κ1) is 29.0. The Morgan fingerprint density at radius 2 is 1.80 bits per heavy atom. The molecule has 3 aromatic carbocycles. The van der Waals surface area contributed by atoms with Gasteiger partial charge in [-0.25, -0.2) is 0 Å². The number of carbonyl (C=O) groups excluding carboxylic acids is 2. The molecule has 6 rings (SSSR count). The molecule has 222 valence electrons. The molecular weight excluding hydrogens is 578 g/mol. The van der Waals surface area contributed by atoms with E-state index in [0.29, 0.717) is 41.5 Å². The number of pyridine rings is 1. The summed E-state index contributed by atoms with van der Waals surface area (Å²) in [7, 11) is 0. The van der Waals surface area contributed by atoms with Gasteiger partial charge in [-0.05, 0) is 76.6 Å². The molecule has 0 bridgehead atoms. The highest BCUT2D eigenvalue weighted by molar-refractivity contribution is 6.34. The van der Waals surface area contributed by atoms with Crippen molar-refractivity contribution in [3.63, 3.8) is 0 Å². The first-order valence-electron chi connectivity index (χ1n) is 14.4. The van der Waals surface area contributed by atoms with E-state index >= 15 is 0 Å². The number of piperidine rings is 1. The van der Waals surface area contributed by atoms with Crippen molar-refractivity contribution < 1.29 is 14.3 Å².